The summed E-state index contributed by atoms with van der Waals surface area (Å²) in [6, 6.07) is 2.91. The van der Waals surface area contributed by atoms with Crippen LogP contribution in [-0.4, -0.2) is 51.1 Å². The molecular weight excluding hydrogens is 310 g/mol. The normalized spacial score (nSPS) is 18.4. The fourth-order valence-corrected chi connectivity index (χ4v) is 2.79. The highest BCUT2D eigenvalue weighted by Crippen LogP contribution is 2.19. The molecule has 0 aromatic carbocycles. The summed E-state index contributed by atoms with van der Waals surface area (Å²) in [5, 5.41) is 2.66. The molecule has 1 aliphatic rings. The Kier molecular flexibility index (Phi) is 4.67. The molecule has 0 aliphatic carbocycles. The number of likely N-dealkylation sites (N-methyl/N-ethyl adjacent to an activating group) is 1. The van der Waals surface area contributed by atoms with E-state index in [0.717, 1.165) is 4.31 Å². The Morgan fingerprint density at radius 2 is 2.27 bits per heavy atom. The second kappa shape index (κ2) is 6.32. The predicted molar refractivity (Wildman–Crippen MR) is 79.5 cm³/mol. The van der Waals surface area contributed by atoms with Gasteiger partial charge in [-0.3, -0.25) is 4.79 Å². The van der Waals surface area contributed by atoms with Gasteiger partial charge in [0.25, 0.3) is 5.91 Å². The van der Waals surface area contributed by atoms with Gasteiger partial charge in [0, 0.05) is 20.2 Å². The summed E-state index contributed by atoms with van der Waals surface area (Å²) >= 11 is 0. The van der Waals surface area contributed by atoms with E-state index in [1.54, 1.807) is 19.1 Å². The van der Waals surface area contributed by atoms with E-state index in [9.17, 15) is 13.2 Å². The van der Waals surface area contributed by atoms with E-state index >= 15 is 0 Å². The maximum absolute atomic E-state index is 12.3. The molecule has 0 saturated carbocycles. The maximum Gasteiger partial charge on any atom is 0.345 e. The first-order chi connectivity index (χ1) is 10.3. The van der Waals surface area contributed by atoms with Crippen molar-refractivity contribution in [1.82, 2.24) is 9.62 Å². The first kappa shape index (κ1) is 16.2. The Morgan fingerprint density at radius 1 is 1.55 bits per heavy atom. The molecule has 1 atom stereocenters. The van der Waals surface area contributed by atoms with Crippen molar-refractivity contribution in [2.24, 2.45) is 4.40 Å². The topological polar surface area (TPSA) is 101 Å². The average molecular weight is 327 g/mol. The summed E-state index contributed by atoms with van der Waals surface area (Å²) in [7, 11) is -1.20. The minimum Gasteiger partial charge on any atom is -0.463 e. The molecule has 1 unspecified atom stereocenters. The smallest absolute Gasteiger partial charge is 0.345 e. The fourth-order valence-electron chi connectivity index (χ4n) is 1.89. The van der Waals surface area contributed by atoms with Gasteiger partial charge in [0.05, 0.1) is 12.9 Å². The average Bonchev–Trinajstić information content (AvgIpc) is 2.95. The summed E-state index contributed by atoms with van der Waals surface area (Å²) in [4.78, 5) is 12.3. The Hall–Kier alpha value is -2.13. The molecule has 0 bridgehead atoms. The van der Waals surface area contributed by atoms with E-state index in [-0.39, 0.29) is 23.2 Å². The van der Waals surface area contributed by atoms with Crippen LogP contribution in [0.4, 0.5) is 0 Å². The van der Waals surface area contributed by atoms with Gasteiger partial charge in [0.15, 0.2) is 5.76 Å². The third-order valence-electron chi connectivity index (χ3n) is 2.97. The van der Waals surface area contributed by atoms with Crippen LogP contribution >= 0.6 is 0 Å². The van der Waals surface area contributed by atoms with Crippen molar-refractivity contribution in [2.45, 2.75) is 13.0 Å². The molecule has 0 spiro atoms. The number of amides is 1. The number of allylic oxidation sites excluding steroid dienone is 1. The number of rotatable bonds is 5. The number of hydrogen-bond acceptors (Lipinski definition) is 5. The van der Waals surface area contributed by atoms with Crippen LogP contribution in [0.5, 0.6) is 0 Å². The van der Waals surface area contributed by atoms with Crippen molar-refractivity contribution in [3.05, 3.63) is 35.9 Å². The number of carbonyl (C=O) groups excluding carboxylic acids is 1. The minimum atomic E-state index is -3.98. The summed E-state index contributed by atoms with van der Waals surface area (Å²) in [5.41, 5.74) is 0.0389. The Labute approximate surface area is 128 Å². The number of nitrogens with zero attached hydrogens (tertiary/aromatic N) is 2. The largest absolute Gasteiger partial charge is 0.463 e. The first-order valence-corrected chi connectivity index (χ1v) is 7.89. The molecule has 1 amide bonds. The lowest BCUT2D eigenvalue weighted by Crippen LogP contribution is -2.42. The van der Waals surface area contributed by atoms with Gasteiger partial charge in [-0.15, -0.1) is 4.40 Å². The van der Waals surface area contributed by atoms with Crippen LogP contribution in [-0.2, 0) is 19.7 Å². The molecule has 2 rings (SSSR count). The zero-order chi connectivity index (χ0) is 16.3. The van der Waals surface area contributed by atoms with Gasteiger partial charge in [-0.2, -0.15) is 8.42 Å². The third-order valence-corrected chi connectivity index (χ3v) is 4.29. The molecule has 120 valence electrons. The quantitative estimate of drug-likeness (QED) is 0.838. The zero-order valence-corrected chi connectivity index (χ0v) is 13.3. The molecule has 1 aromatic heterocycles. The predicted octanol–water partition coefficient (Wildman–Crippen LogP) is 0.294. The lowest BCUT2D eigenvalue weighted by atomic mass is 10.2. The number of carbonyl (C=O) groups is 1. The molecule has 0 radical (unpaired) electrons. The van der Waals surface area contributed by atoms with Crippen LogP contribution < -0.4 is 5.32 Å². The van der Waals surface area contributed by atoms with E-state index in [1.807, 2.05) is 0 Å². The number of hydrogen-bond donors (Lipinski definition) is 1. The van der Waals surface area contributed by atoms with E-state index in [2.05, 4.69) is 9.71 Å². The Bertz CT molecular complexity index is 706. The monoisotopic (exact) mass is 327 g/mol. The van der Waals surface area contributed by atoms with Crippen molar-refractivity contribution < 1.29 is 22.4 Å². The maximum atomic E-state index is 12.3. The van der Waals surface area contributed by atoms with Gasteiger partial charge < -0.3 is 14.5 Å². The van der Waals surface area contributed by atoms with Gasteiger partial charge in [-0.1, -0.05) is 0 Å². The minimum absolute atomic E-state index is 0.0376. The fraction of sp³-hybridized carbons (Fsp3) is 0.385. The van der Waals surface area contributed by atoms with Crippen molar-refractivity contribution in [1.29, 1.82) is 0 Å². The van der Waals surface area contributed by atoms with Crippen LogP contribution in [0.1, 0.15) is 12.7 Å². The summed E-state index contributed by atoms with van der Waals surface area (Å²) < 4.78 is 38.7. The molecule has 9 heteroatoms. The van der Waals surface area contributed by atoms with Gasteiger partial charge in [0.2, 0.25) is 0 Å². The highest BCUT2D eigenvalue weighted by molar-refractivity contribution is 7.88. The van der Waals surface area contributed by atoms with Crippen LogP contribution in [0.2, 0.25) is 0 Å². The van der Waals surface area contributed by atoms with Gasteiger partial charge in [-0.05, 0) is 25.1 Å². The lowest BCUT2D eigenvalue weighted by molar-refractivity contribution is -0.119. The molecule has 8 nitrogen and oxygen atoms in total. The molecule has 1 aliphatic heterocycles. The van der Waals surface area contributed by atoms with E-state index in [4.69, 9.17) is 9.15 Å². The standard InChI is InChI=1S/C13H17N3O5S/c1-9(8-20-3)14-13(17)11-7-10(12-5-4-6-21-12)15-22(18,19)16(11)2/h4-7,9H,8H2,1-3H3,(H,14,17). The Balaban J connectivity index is 2.33. The van der Waals surface area contributed by atoms with Gasteiger partial charge in [-0.25, -0.2) is 4.31 Å². The highest BCUT2D eigenvalue weighted by atomic mass is 32.2. The lowest BCUT2D eigenvalue weighted by Gasteiger charge is -2.24. The Morgan fingerprint density at radius 3 is 2.86 bits per heavy atom. The number of nitrogens with one attached hydrogen (secondary N) is 1. The molecule has 2 heterocycles. The highest BCUT2D eigenvalue weighted by Gasteiger charge is 2.31. The first-order valence-electron chi connectivity index (χ1n) is 6.49. The summed E-state index contributed by atoms with van der Waals surface area (Å²) in [5.74, 6) is -0.263. The second-order valence-electron chi connectivity index (χ2n) is 4.76. The second-order valence-corrected chi connectivity index (χ2v) is 6.38. The SMILES string of the molecule is COCC(C)NC(=O)C1=CC(c2ccco2)=NS(=O)(=O)N1C. The number of furan rings is 1. The van der Waals surface area contributed by atoms with Crippen LogP contribution in [0, 0.1) is 0 Å². The van der Waals surface area contributed by atoms with E-state index < -0.39 is 16.1 Å². The van der Waals surface area contributed by atoms with Gasteiger partial charge >= 0.3 is 10.2 Å². The van der Waals surface area contributed by atoms with Crippen molar-refractivity contribution in [3.63, 3.8) is 0 Å². The van der Waals surface area contributed by atoms with Crippen LogP contribution in [0.15, 0.2) is 39.0 Å². The molecule has 0 fully saturated rings. The van der Waals surface area contributed by atoms with Crippen molar-refractivity contribution in [3.8, 4) is 0 Å². The molecule has 1 N–H and O–H groups in total. The van der Waals surface area contributed by atoms with Gasteiger partial charge in [0.1, 0.15) is 11.4 Å². The third kappa shape index (κ3) is 3.37. The molecule has 22 heavy (non-hydrogen) atoms. The summed E-state index contributed by atoms with van der Waals surface area (Å²) in [6.07, 6.45) is 2.77. The van der Waals surface area contributed by atoms with E-state index in [0.29, 0.717) is 6.61 Å². The van der Waals surface area contributed by atoms with E-state index in [1.165, 1.54) is 26.5 Å². The molecular formula is C13H17N3O5S. The van der Waals surface area contributed by atoms with Crippen LogP contribution in [0.25, 0.3) is 0 Å². The molecule has 0 saturated heterocycles. The van der Waals surface area contributed by atoms with Crippen molar-refractivity contribution in [2.75, 3.05) is 20.8 Å². The van der Waals surface area contributed by atoms with Crippen molar-refractivity contribution >= 4 is 21.8 Å². The summed E-state index contributed by atoms with van der Waals surface area (Å²) in [6.45, 7) is 2.06. The number of methoxy groups -OCH3 is 1. The number of ether oxygens (including phenoxy) is 1. The zero-order valence-electron chi connectivity index (χ0n) is 12.4. The molecule has 1 aromatic rings. The van der Waals surface area contributed by atoms with Crippen LogP contribution in [0.3, 0.4) is 0 Å².